The molecule has 9 heteroatoms. The molecule has 1 saturated heterocycles. The minimum atomic E-state index is -0.172. The molecule has 0 aliphatic carbocycles. The molecule has 1 aliphatic rings. The van der Waals surface area contributed by atoms with Crippen LogP contribution in [0.2, 0.25) is 15.1 Å². The number of morpholine rings is 1. The SMILES string of the molecule is CC(C)(C)[C@@H](C=Cc1ccc(Cl)cc1Cl)n1nnnc1[C@@H](c1ccc(Cl)cc1)N1CCOCC1. The normalized spacial score (nSPS) is 17.2. The maximum Gasteiger partial charge on any atom is 0.173 e. The minimum Gasteiger partial charge on any atom is -0.379 e. The summed E-state index contributed by atoms with van der Waals surface area (Å²) in [6, 6.07) is 13.1. The average Bonchev–Trinajstić information content (AvgIpc) is 3.25. The number of rotatable bonds is 6. The van der Waals surface area contributed by atoms with Crippen LogP contribution in [0.15, 0.2) is 48.5 Å². The Kier molecular flexibility index (Phi) is 7.95. The summed E-state index contributed by atoms with van der Waals surface area (Å²) in [5.74, 6) is 0.774. The fourth-order valence-electron chi connectivity index (χ4n) is 4.15. The van der Waals surface area contributed by atoms with Gasteiger partial charge in [0.15, 0.2) is 5.82 Å². The van der Waals surface area contributed by atoms with Crippen molar-refractivity contribution >= 4 is 40.9 Å². The summed E-state index contributed by atoms with van der Waals surface area (Å²) in [4.78, 5) is 2.36. The summed E-state index contributed by atoms with van der Waals surface area (Å²) in [5, 5.41) is 15.0. The van der Waals surface area contributed by atoms with Crippen molar-refractivity contribution in [3.8, 4) is 0 Å². The van der Waals surface area contributed by atoms with Gasteiger partial charge in [-0.2, -0.15) is 0 Å². The highest BCUT2D eigenvalue weighted by atomic mass is 35.5. The highest BCUT2D eigenvalue weighted by molar-refractivity contribution is 6.35. The van der Waals surface area contributed by atoms with Gasteiger partial charge in [-0.3, -0.25) is 4.90 Å². The zero-order valence-electron chi connectivity index (χ0n) is 19.5. The van der Waals surface area contributed by atoms with E-state index in [1.54, 1.807) is 6.07 Å². The van der Waals surface area contributed by atoms with E-state index in [4.69, 9.17) is 39.5 Å². The lowest BCUT2D eigenvalue weighted by Crippen LogP contribution is -2.41. The zero-order chi connectivity index (χ0) is 24.3. The molecule has 0 N–H and O–H groups in total. The van der Waals surface area contributed by atoms with Crippen LogP contribution in [0.25, 0.3) is 6.08 Å². The van der Waals surface area contributed by atoms with Crippen LogP contribution in [0.3, 0.4) is 0 Å². The van der Waals surface area contributed by atoms with E-state index in [0.29, 0.717) is 28.3 Å². The number of halogens is 3. The van der Waals surface area contributed by atoms with Crippen LogP contribution in [0.4, 0.5) is 0 Å². The van der Waals surface area contributed by atoms with Crippen molar-refractivity contribution in [2.75, 3.05) is 26.3 Å². The maximum absolute atomic E-state index is 6.42. The Balaban J connectivity index is 1.76. The molecule has 2 atom stereocenters. The van der Waals surface area contributed by atoms with Crippen LogP contribution in [-0.2, 0) is 4.74 Å². The van der Waals surface area contributed by atoms with E-state index in [0.717, 1.165) is 30.0 Å². The number of allylic oxidation sites excluding steroid dienone is 1. The molecule has 1 fully saturated rings. The Labute approximate surface area is 215 Å². The van der Waals surface area contributed by atoms with Crippen molar-refractivity contribution in [2.45, 2.75) is 32.9 Å². The fraction of sp³-hybridized carbons (Fsp3) is 0.400. The number of hydrogen-bond acceptors (Lipinski definition) is 5. The van der Waals surface area contributed by atoms with Crippen molar-refractivity contribution in [1.82, 2.24) is 25.1 Å². The van der Waals surface area contributed by atoms with Gasteiger partial charge >= 0.3 is 0 Å². The fourth-order valence-corrected chi connectivity index (χ4v) is 4.75. The molecule has 1 aromatic heterocycles. The van der Waals surface area contributed by atoms with Gasteiger partial charge in [-0.05, 0) is 51.2 Å². The van der Waals surface area contributed by atoms with E-state index in [2.05, 4.69) is 47.3 Å². The Bertz CT molecular complexity index is 1130. The average molecular weight is 521 g/mol. The molecule has 0 saturated carbocycles. The Hall–Kier alpha value is -1.96. The molecule has 2 aromatic carbocycles. The molecule has 1 aliphatic heterocycles. The van der Waals surface area contributed by atoms with Gasteiger partial charge in [-0.25, -0.2) is 4.68 Å². The number of hydrogen-bond donors (Lipinski definition) is 0. The van der Waals surface area contributed by atoms with Crippen molar-refractivity contribution < 1.29 is 4.74 Å². The lowest BCUT2D eigenvalue weighted by Gasteiger charge is -2.36. The first-order chi connectivity index (χ1) is 16.2. The van der Waals surface area contributed by atoms with Crippen molar-refractivity contribution in [1.29, 1.82) is 0 Å². The Morgan fingerprint density at radius 1 is 0.971 bits per heavy atom. The first-order valence-corrected chi connectivity index (χ1v) is 12.4. The smallest absolute Gasteiger partial charge is 0.173 e. The Morgan fingerprint density at radius 3 is 2.29 bits per heavy atom. The second kappa shape index (κ2) is 10.8. The molecule has 2 heterocycles. The summed E-state index contributed by atoms with van der Waals surface area (Å²) in [5.41, 5.74) is 1.80. The van der Waals surface area contributed by atoms with Gasteiger partial charge in [-0.15, -0.1) is 5.10 Å². The van der Waals surface area contributed by atoms with Gasteiger partial charge in [0.1, 0.15) is 0 Å². The molecule has 0 unspecified atom stereocenters. The maximum atomic E-state index is 6.42. The second-order valence-corrected chi connectivity index (χ2v) is 10.7. The number of benzene rings is 2. The van der Waals surface area contributed by atoms with Crippen LogP contribution >= 0.6 is 34.8 Å². The van der Waals surface area contributed by atoms with Gasteiger partial charge in [0.05, 0.1) is 25.3 Å². The third-order valence-corrected chi connectivity index (χ3v) is 6.75. The molecule has 0 radical (unpaired) electrons. The number of aromatic nitrogens is 4. The molecule has 180 valence electrons. The number of tetrazole rings is 1. The molecular formula is C25H28Cl3N5O. The van der Waals surface area contributed by atoms with E-state index in [1.165, 1.54) is 0 Å². The number of nitrogens with zero attached hydrogens (tertiary/aromatic N) is 5. The third-order valence-electron chi connectivity index (χ3n) is 5.93. The standard InChI is InChI=1S/C25H28Cl3N5O/c1-25(2,3)22(11-7-17-4-10-20(27)16-21(17)28)33-24(29-30-31-33)23(32-12-14-34-15-13-32)18-5-8-19(26)9-6-18/h4-11,16,22-23H,12-15H2,1-3H3/t22-,23-/m1/s1. The van der Waals surface area contributed by atoms with Crippen molar-refractivity contribution in [3.63, 3.8) is 0 Å². The summed E-state index contributed by atoms with van der Waals surface area (Å²) < 4.78 is 7.53. The van der Waals surface area contributed by atoms with Crippen LogP contribution in [-0.4, -0.2) is 51.4 Å². The Morgan fingerprint density at radius 2 is 1.65 bits per heavy atom. The van der Waals surface area contributed by atoms with Crippen molar-refractivity contribution in [2.24, 2.45) is 5.41 Å². The summed E-state index contributed by atoms with van der Waals surface area (Å²) in [6.07, 6.45) is 4.11. The monoisotopic (exact) mass is 519 g/mol. The summed E-state index contributed by atoms with van der Waals surface area (Å²) >= 11 is 18.7. The van der Waals surface area contributed by atoms with Crippen LogP contribution < -0.4 is 0 Å². The summed E-state index contributed by atoms with van der Waals surface area (Å²) in [6.45, 7) is 9.43. The van der Waals surface area contributed by atoms with Gasteiger partial charge < -0.3 is 4.74 Å². The molecular weight excluding hydrogens is 493 g/mol. The predicted octanol–water partition coefficient (Wildman–Crippen LogP) is 6.36. The second-order valence-electron chi connectivity index (χ2n) is 9.42. The van der Waals surface area contributed by atoms with Crippen LogP contribution in [0.1, 0.15) is 49.8 Å². The van der Waals surface area contributed by atoms with Gasteiger partial charge in [0.25, 0.3) is 0 Å². The molecule has 0 spiro atoms. The first-order valence-electron chi connectivity index (χ1n) is 11.2. The van der Waals surface area contributed by atoms with E-state index in [1.807, 2.05) is 47.2 Å². The zero-order valence-corrected chi connectivity index (χ0v) is 21.7. The summed E-state index contributed by atoms with van der Waals surface area (Å²) in [7, 11) is 0. The minimum absolute atomic E-state index is 0.125. The molecule has 34 heavy (non-hydrogen) atoms. The third kappa shape index (κ3) is 5.81. The molecule has 6 nitrogen and oxygen atoms in total. The topological polar surface area (TPSA) is 56.1 Å². The van der Waals surface area contributed by atoms with Crippen LogP contribution in [0.5, 0.6) is 0 Å². The van der Waals surface area contributed by atoms with Gasteiger partial charge in [-0.1, -0.05) is 85.9 Å². The molecule has 3 aromatic rings. The molecule has 0 bridgehead atoms. The highest BCUT2D eigenvalue weighted by Crippen LogP contribution is 2.37. The van der Waals surface area contributed by atoms with E-state index >= 15 is 0 Å². The lowest BCUT2D eigenvalue weighted by atomic mass is 9.86. The number of ether oxygens (including phenoxy) is 1. The highest BCUT2D eigenvalue weighted by Gasteiger charge is 2.34. The van der Waals surface area contributed by atoms with E-state index in [9.17, 15) is 0 Å². The van der Waals surface area contributed by atoms with E-state index in [-0.39, 0.29) is 17.5 Å². The predicted molar refractivity (Wildman–Crippen MR) is 137 cm³/mol. The molecule has 4 rings (SSSR count). The van der Waals surface area contributed by atoms with Crippen molar-refractivity contribution in [3.05, 3.63) is 80.6 Å². The van der Waals surface area contributed by atoms with Gasteiger partial charge in [0, 0.05) is 28.2 Å². The first kappa shape index (κ1) is 25.1. The van der Waals surface area contributed by atoms with E-state index < -0.39 is 0 Å². The largest absolute Gasteiger partial charge is 0.379 e. The quantitative estimate of drug-likeness (QED) is 0.379. The van der Waals surface area contributed by atoms with Gasteiger partial charge in [0.2, 0.25) is 0 Å². The van der Waals surface area contributed by atoms with Crippen LogP contribution in [0, 0.1) is 5.41 Å². The molecule has 0 amide bonds. The lowest BCUT2D eigenvalue weighted by molar-refractivity contribution is 0.0210.